The van der Waals surface area contributed by atoms with Gasteiger partial charge in [-0.15, -0.1) is 0 Å². The maximum absolute atomic E-state index is 12.2. The van der Waals surface area contributed by atoms with Crippen molar-refractivity contribution < 1.29 is 19.2 Å². The molecule has 7 nitrogen and oxygen atoms in total. The molecule has 1 rings (SSSR count). The Morgan fingerprint density at radius 2 is 1.76 bits per heavy atom. The van der Waals surface area contributed by atoms with Crippen LogP contribution in [-0.2, 0) is 14.0 Å². The lowest BCUT2D eigenvalue weighted by Gasteiger charge is -2.37. The van der Waals surface area contributed by atoms with Gasteiger partial charge in [-0.3, -0.25) is 15.3 Å². The molecule has 3 N–H and O–H groups in total. The standard InChI is InChI=1S/C21H37N3O4Si/c1-20(2,3)28-19(25)14-22-18(15-27-29(7,8)21(4,5)6)17-11-9-16(10-12-17)13-23-24-26/h9-13,18,22,24,26H,14-15H2,1-8H3/b23-13-/t18-/m0/s1. The third-order valence-electron chi connectivity index (χ3n) is 4.94. The van der Waals surface area contributed by atoms with Crippen molar-refractivity contribution >= 4 is 20.5 Å². The number of esters is 1. The van der Waals surface area contributed by atoms with Crippen molar-refractivity contribution in [1.82, 2.24) is 10.9 Å². The highest BCUT2D eigenvalue weighted by Crippen LogP contribution is 2.37. The molecule has 29 heavy (non-hydrogen) atoms. The lowest BCUT2D eigenvalue weighted by atomic mass is 10.1. The summed E-state index contributed by atoms with van der Waals surface area (Å²) < 4.78 is 11.8. The molecule has 0 heterocycles. The number of nitrogens with zero attached hydrogens (tertiary/aromatic N) is 1. The van der Waals surface area contributed by atoms with Crippen LogP contribution in [0.25, 0.3) is 0 Å². The van der Waals surface area contributed by atoms with Crippen molar-refractivity contribution in [2.24, 2.45) is 5.10 Å². The van der Waals surface area contributed by atoms with Crippen LogP contribution in [-0.4, -0.2) is 44.5 Å². The Hall–Kier alpha value is -1.74. The van der Waals surface area contributed by atoms with Crippen LogP contribution in [0.3, 0.4) is 0 Å². The van der Waals surface area contributed by atoms with Crippen molar-refractivity contribution in [3.05, 3.63) is 35.4 Å². The maximum Gasteiger partial charge on any atom is 0.320 e. The second-order valence-electron chi connectivity index (χ2n) is 9.62. The molecule has 1 atom stereocenters. The van der Waals surface area contributed by atoms with E-state index in [1.54, 1.807) is 5.59 Å². The fourth-order valence-corrected chi connectivity index (χ4v) is 3.30. The third-order valence-corrected chi connectivity index (χ3v) is 9.44. The van der Waals surface area contributed by atoms with Gasteiger partial charge in [0.1, 0.15) is 5.60 Å². The molecule has 0 saturated carbocycles. The summed E-state index contributed by atoms with van der Waals surface area (Å²) in [6.07, 6.45) is 1.51. The Bertz CT molecular complexity index is 677. The van der Waals surface area contributed by atoms with Crippen LogP contribution in [0.2, 0.25) is 18.1 Å². The largest absolute Gasteiger partial charge is 0.459 e. The lowest BCUT2D eigenvalue weighted by Crippen LogP contribution is -2.43. The molecule has 0 radical (unpaired) electrons. The highest BCUT2D eigenvalue weighted by Gasteiger charge is 2.37. The van der Waals surface area contributed by atoms with Crippen LogP contribution in [0.15, 0.2) is 29.4 Å². The van der Waals surface area contributed by atoms with Crippen molar-refractivity contribution in [1.29, 1.82) is 0 Å². The molecule has 0 aliphatic heterocycles. The number of ether oxygens (including phenoxy) is 1. The summed E-state index contributed by atoms with van der Waals surface area (Å²) in [5.41, 5.74) is 3.07. The minimum absolute atomic E-state index is 0.0976. The Morgan fingerprint density at radius 1 is 1.17 bits per heavy atom. The minimum Gasteiger partial charge on any atom is -0.459 e. The van der Waals surface area contributed by atoms with E-state index in [0.717, 1.165) is 11.1 Å². The highest BCUT2D eigenvalue weighted by atomic mass is 28.4. The highest BCUT2D eigenvalue weighted by molar-refractivity contribution is 6.74. The van der Waals surface area contributed by atoms with Gasteiger partial charge in [0.05, 0.1) is 25.4 Å². The van der Waals surface area contributed by atoms with E-state index in [2.05, 4.69) is 44.3 Å². The fourth-order valence-electron chi connectivity index (χ4n) is 2.28. The van der Waals surface area contributed by atoms with E-state index in [-0.39, 0.29) is 23.6 Å². The van der Waals surface area contributed by atoms with Crippen LogP contribution in [0.5, 0.6) is 0 Å². The molecule has 0 bridgehead atoms. The zero-order valence-corrected chi connectivity index (χ0v) is 20.0. The molecule has 1 aromatic carbocycles. The smallest absolute Gasteiger partial charge is 0.320 e. The van der Waals surface area contributed by atoms with E-state index in [1.807, 2.05) is 45.0 Å². The number of nitrogens with one attached hydrogen (secondary N) is 2. The summed E-state index contributed by atoms with van der Waals surface area (Å²) in [4.78, 5) is 12.2. The summed E-state index contributed by atoms with van der Waals surface area (Å²) in [5.74, 6) is -0.299. The average Bonchev–Trinajstić information content (AvgIpc) is 2.58. The summed E-state index contributed by atoms with van der Waals surface area (Å²) in [6, 6.07) is 7.55. The quantitative estimate of drug-likeness (QED) is 0.241. The predicted molar refractivity (Wildman–Crippen MR) is 119 cm³/mol. The summed E-state index contributed by atoms with van der Waals surface area (Å²) in [6.45, 7) is 17.1. The van der Waals surface area contributed by atoms with Crippen molar-refractivity contribution in [2.45, 2.75) is 71.3 Å². The summed E-state index contributed by atoms with van der Waals surface area (Å²) >= 11 is 0. The second-order valence-corrected chi connectivity index (χ2v) is 14.4. The second kappa shape index (κ2) is 10.3. The van der Waals surface area contributed by atoms with Gasteiger partial charge in [-0.05, 0) is 50.0 Å². The third kappa shape index (κ3) is 9.08. The SMILES string of the molecule is CC(C)(C)OC(=O)CN[C@@H](CO[Si](C)(C)C(C)(C)C)c1ccc(/C=N\NO)cc1. The summed E-state index contributed by atoms with van der Waals surface area (Å²) in [5, 5.41) is 15.5. The summed E-state index contributed by atoms with van der Waals surface area (Å²) in [7, 11) is -1.94. The van der Waals surface area contributed by atoms with E-state index in [1.165, 1.54) is 6.21 Å². The van der Waals surface area contributed by atoms with Crippen LogP contribution < -0.4 is 10.9 Å². The topological polar surface area (TPSA) is 92.2 Å². The molecule has 0 spiro atoms. The number of hydrogen-bond acceptors (Lipinski definition) is 7. The van der Waals surface area contributed by atoms with Gasteiger partial charge < -0.3 is 9.16 Å². The molecule has 0 aromatic heterocycles. The van der Waals surface area contributed by atoms with E-state index in [0.29, 0.717) is 6.61 Å². The fraction of sp³-hybridized carbons (Fsp3) is 0.619. The Balaban J connectivity index is 2.93. The van der Waals surface area contributed by atoms with E-state index in [9.17, 15) is 4.79 Å². The van der Waals surface area contributed by atoms with E-state index >= 15 is 0 Å². The molecule has 0 amide bonds. The molecule has 0 unspecified atom stereocenters. The van der Waals surface area contributed by atoms with Crippen molar-refractivity contribution in [2.75, 3.05) is 13.2 Å². The molecular weight excluding hydrogens is 386 g/mol. The van der Waals surface area contributed by atoms with Gasteiger partial charge in [-0.2, -0.15) is 10.7 Å². The average molecular weight is 424 g/mol. The first-order valence-electron chi connectivity index (χ1n) is 9.86. The predicted octanol–water partition coefficient (Wildman–Crippen LogP) is 3.99. The molecule has 0 fully saturated rings. The van der Waals surface area contributed by atoms with Crippen molar-refractivity contribution in [3.8, 4) is 0 Å². The van der Waals surface area contributed by atoms with Crippen molar-refractivity contribution in [3.63, 3.8) is 0 Å². The minimum atomic E-state index is -1.94. The molecule has 0 aliphatic carbocycles. The Morgan fingerprint density at radius 3 is 2.24 bits per heavy atom. The first kappa shape index (κ1) is 25.3. The Kier molecular flexibility index (Phi) is 9.01. The zero-order chi connectivity index (χ0) is 22.3. The normalized spacial score (nSPS) is 14.1. The van der Waals surface area contributed by atoms with Crippen LogP contribution >= 0.6 is 0 Å². The van der Waals surface area contributed by atoms with Gasteiger partial charge in [-0.1, -0.05) is 45.0 Å². The number of rotatable bonds is 9. The molecule has 0 saturated heterocycles. The number of hydrazone groups is 1. The molecular formula is C21H37N3O4Si. The molecule has 1 aromatic rings. The number of carbonyl (C=O) groups is 1. The van der Waals surface area contributed by atoms with Gasteiger partial charge >= 0.3 is 5.97 Å². The molecule has 0 aliphatic rings. The lowest BCUT2D eigenvalue weighted by molar-refractivity contribution is -0.153. The van der Waals surface area contributed by atoms with Gasteiger partial charge in [-0.25, -0.2) is 0 Å². The van der Waals surface area contributed by atoms with Crippen LogP contribution in [0.1, 0.15) is 58.7 Å². The maximum atomic E-state index is 12.2. The van der Waals surface area contributed by atoms with Crippen LogP contribution in [0.4, 0.5) is 0 Å². The zero-order valence-electron chi connectivity index (χ0n) is 19.0. The first-order chi connectivity index (χ1) is 13.2. The first-order valence-corrected chi connectivity index (χ1v) is 12.8. The van der Waals surface area contributed by atoms with Gasteiger partial charge in [0, 0.05) is 0 Å². The van der Waals surface area contributed by atoms with Crippen LogP contribution in [0, 0.1) is 0 Å². The Labute approximate surface area is 176 Å². The van der Waals surface area contributed by atoms with E-state index < -0.39 is 13.9 Å². The number of hydrogen-bond donors (Lipinski definition) is 3. The monoisotopic (exact) mass is 423 g/mol. The van der Waals surface area contributed by atoms with Gasteiger partial charge in [0.2, 0.25) is 0 Å². The molecule has 164 valence electrons. The van der Waals surface area contributed by atoms with E-state index in [4.69, 9.17) is 14.4 Å². The van der Waals surface area contributed by atoms with Gasteiger partial charge in [0.15, 0.2) is 8.32 Å². The number of carbonyl (C=O) groups excluding carboxylic acids is 1. The molecule has 8 heteroatoms. The number of benzene rings is 1. The van der Waals surface area contributed by atoms with Gasteiger partial charge in [0.25, 0.3) is 0 Å².